The number of hydrogen-bond acceptors (Lipinski definition) is 3. The average molecular weight is 477 g/mol. The van der Waals surface area contributed by atoms with Crippen LogP contribution in [0.4, 0.5) is 0 Å². The first-order valence-electron chi connectivity index (χ1n) is 9.32. The second-order valence-electron chi connectivity index (χ2n) is 6.76. The summed E-state index contributed by atoms with van der Waals surface area (Å²) in [6.07, 6.45) is 0. The van der Waals surface area contributed by atoms with Crippen LogP contribution >= 0.6 is 11.6 Å². The van der Waals surface area contributed by atoms with E-state index in [-0.39, 0.29) is 5.56 Å². The normalized spacial score (nSPS) is 11.1. The van der Waals surface area contributed by atoms with Gasteiger partial charge in [0.05, 0.1) is 0 Å². The number of benzene rings is 3. The molecule has 0 saturated heterocycles. The van der Waals surface area contributed by atoms with Crippen molar-refractivity contribution in [2.24, 2.45) is 0 Å². The molecule has 0 aliphatic rings. The van der Waals surface area contributed by atoms with Crippen LogP contribution in [0.2, 0.25) is 5.02 Å². The summed E-state index contributed by atoms with van der Waals surface area (Å²) in [4.78, 5) is 16.0. The van der Waals surface area contributed by atoms with Crippen molar-refractivity contribution in [1.82, 2.24) is 4.98 Å². The summed E-state index contributed by atoms with van der Waals surface area (Å²) in [6.45, 7) is 0. The van der Waals surface area contributed by atoms with Gasteiger partial charge in [-0.1, -0.05) is 0 Å². The fraction of sp³-hybridized carbons (Fsp3) is 0.0833. The number of nitrogens with zero attached hydrogens (tertiary/aromatic N) is 1. The van der Waals surface area contributed by atoms with Gasteiger partial charge in [-0.3, -0.25) is 0 Å². The van der Waals surface area contributed by atoms with Gasteiger partial charge in [-0.15, -0.1) is 0 Å². The van der Waals surface area contributed by atoms with E-state index in [4.69, 9.17) is 16.3 Å². The van der Waals surface area contributed by atoms with Gasteiger partial charge in [0.25, 0.3) is 0 Å². The van der Waals surface area contributed by atoms with Gasteiger partial charge < -0.3 is 0 Å². The molecule has 1 unspecified atom stereocenters. The van der Waals surface area contributed by atoms with Crippen LogP contribution in [0.1, 0.15) is 11.1 Å². The summed E-state index contributed by atoms with van der Waals surface area (Å²) in [6, 6.07) is 23.3. The van der Waals surface area contributed by atoms with Crippen LogP contribution in [0.3, 0.4) is 0 Å². The molecule has 0 aliphatic heterocycles. The van der Waals surface area contributed by atoms with Crippen molar-refractivity contribution in [2.45, 2.75) is 5.21 Å². The first kappa shape index (κ1) is 20.3. The van der Waals surface area contributed by atoms with E-state index >= 15 is 0 Å². The van der Waals surface area contributed by atoms with Gasteiger partial charge in [0, 0.05) is 0 Å². The van der Waals surface area contributed by atoms with Crippen molar-refractivity contribution in [2.75, 3.05) is 7.11 Å². The fourth-order valence-corrected chi connectivity index (χ4v) is 6.64. The number of rotatable bonds is 5. The molecule has 1 N–H and O–H groups in total. The van der Waals surface area contributed by atoms with Gasteiger partial charge in [-0.25, -0.2) is 0 Å². The molecule has 1 heterocycles. The first-order valence-corrected chi connectivity index (χ1v) is 12.2. The fourth-order valence-electron chi connectivity index (χ4n) is 3.40. The number of aromatic amines is 1. The number of halogens is 1. The molecular weight excluding hydrogens is 459 g/mol. The molecule has 0 aliphatic carbocycles. The van der Waals surface area contributed by atoms with E-state index in [2.05, 4.69) is 23.2 Å². The van der Waals surface area contributed by atoms with Crippen molar-refractivity contribution in [3.05, 3.63) is 93.2 Å². The van der Waals surface area contributed by atoms with Gasteiger partial charge in [0.1, 0.15) is 0 Å². The van der Waals surface area contributed by atoms with Crippen molar-refractivity contribution in [3.63, 3.8) is 0 Å². The summed E-state index contributed by atoms with van der Waals surface area (Å²) in [5, 5.41) is 11.6. The van der Waals surface area contributed by atoms with E-state index in [1.165, 1.54) is 5.56 Å². The molecule has 1 aromatic heterocycles. The van der Waals surface area contributed by atoms with Crippen LogP contribution < -0.4 is 14.6 Å². The SMILES string of the molecule is COc1ccc(C[AsH]c2c(-c3ccccc3)c(=O)[nH]c3cc(Cl)c(C#N)cc23)cc1. The van der Waals surface area contributed by atoms with Crippen molar-refractivity contribution >= 4 is 42.6 Å². The molecule has 0 amide bonds. The number of hydrogen-bond donors (Lipinski definition) is 1. The molecule has 0 saturated carbocycles. The zero-order valence-corrected chi connectivity index (χ0v) is 19.1. The first-order chi connectivity index (χ1) is 14.6. The number of nitriles is 1. The Hall–Kier alpha value is -2.99. The van der Waals surface area contributed by atoms with Gasteiger partial charge in [-0.05, 0) is 0 Å². The summed E-state index contributed by atoms with van der Waals surface area (Å²) in [5.41, 5.74) is 3.69. The van der Waals surface area contributed by atoms with E-state index < -0.39 is 15.8 Å². The van der Waals surface area contributed by atoms with Gasteiger partial charge >= 0.3 is 186 Å². The van der Waals surface area contributed by atoms with E-state index in [0.29, 0.717) is 21.7 Å². The Morgan fingerprint density at radius 2 is 1.83 bits per heavy atom. The molecule has 3 aromatic carbocycles. The zero-order chi connectivity index (χ0) is 21.1. The molecule has 0 bridgehead atoms. The number of nitrogens with one attached hydrogen (secondary N) is 1. The maximum atomic E-state index is 13.1. The van der Waals surface area contributed by atoms with Gasteiger partial charge in [-0.2, -0.15) is 0 Å². The number of fused-ring (bicyclic) bond motifs is 1. The zero-order valence-electron chi connectivity index (χ0n) is 16.2. The molecular formula is C24H18AsClN2O2. The Morgan fingerprint density at radius 3 is 2.50 bits per heavy atom. The van der Waals surface area contributed by atoms with Crippen LogP contribution in [-0.2, 0) is 5.21 Å². The number of methoxy groups -OCH3 is 1. The third kappa shape index (κ3) is 4.00. The average Bonchev–Trinajstić information content (AvgIpc) is 2.77. The molecule has 0 spiro atoms. The third-order valence-corrected chi connectivity index (χ3v) is 8.28. The van der Waals surface area contributed by atoms with E-state index in [9.17, 15) is 10.1 Å². The summed E-state index contributed by atoms with van der Waals surface area (Å²) < 4.78 is 6.27. The Bertz CT molecular complexity index is 1310. The van der Waals surface area contributed by atoms with Crippen LogP contribution in [0.25, 0.3) is 22.0 Å². The van der Waals surface area contributed by atoms with Crippen molar-refractivity contribution in [3.8, 4) is 22.9 Å². The van der Waals surface area contributed by atoms with E-state index in [1.54, 1.807) is 19.2 Å². The monoisotopic (exact) mass is 476 g/mol. The Kier molecular flexibility index (Phi) is 5.95. The summed E-state index contributed by atoms with van der Waals surface area (Å²) in [7, 11) is 1.65. The molecule has 4 nitrogen and oxygen atoms in total. The Balaban J connectivity index is 1.88. The second kappa shape index (κ2) is 8.79. The Morgan fingerprint density at radius 1 is 1.10 bits per heavy atom. The molecule has 30 heavy (non-hydrogen) atoms. The summed E-state index contributed by atoms with van der Waals surface area (Å²) >= 11 is 5.48. The number of H-pyrrole nitrogens is 1. The van der Waals surface area contributed by atoms with Crippen LogP contribution in [-0.4, -0.2) is 27.8 Å². The molecule has 4 aromatic rings. The van der Waals surface area contributed by atoms with Crippen LogP contribution in [0.5, 0.6) is 5.75 Å². The van der Waals surface area contributed by atoms with Gasteiger partial charge in [0.15, 0.2) is 0 Å². The third-order valence-electron chi connectivity index (χ3n) is 4.91. The minimum absolute atomic E-state index is 0.136. The van der Waals surface area contributed by atoms with Crippen LogP contribution in [0, 0.1) is 11.3 Å². The minimum atomic E-state index is -0.740. The maximum absolute atomic E-state index is 13.1. The second-order valence-corrected chi connectivity index (χ2v) is 9.70. The molecule has 148 valence electrons. The summed E-state index contributed by atoms with van der Waals surface area (Å²) in [5.74, 6) is 0.818. The van der Waals surface area contributed by atoms with E-state index in [1.807, 2.05) is 42.5 Å². The topological polar surface area (TPSA) is 65.9 Å². The number of pyridine rings is 1. The van der Waals surface area contributed by atoms with E-state index in [0.717, 1.165) is 26.3 Å². The quantitative estimate of drug-likeness (QED) is 0.443. The van der Waals surface area contributed by atoms with Crippen LogP contribution in [0.15, 0.2) is 71.5 Å². The van der Waals surface area contributed by atoms with Crippen molar-refractivity contribution < 1.29 is 4.74 Å². The predicted octanol–water partition coefficient (Wildman–Crippen LogP) is 3.99. The number of ether oxygens (including phenoxy) is 1. The molecule has 0 fully saturated rings. The Labute approximate surface area is 185 Å². The molecule has 4 rings (SSSR count). The number of aromatic nitrogens is 1. The van der Waals surface area contributed by atoms with Crippen molar-refractivity contribution in [1.29, 1.82) is 5.26 Å². The molecule has 0 radical (unpaired) electrons. The van der Waals surface area contributed by atoms with Gasteiger partial charge in [0.2, 0.25) is 0 Å². The molecule has 1 atom stereocenters. The molecule has 6 heteroatoms. The predicted molar refractivity (Wildman–Crippen MR) is 123 cm³/mol. The standard InChI is InChI=1S/C24H18AsClN2O2/c1-30-18-9-7-15(8-10-18)13-25-23-19-11-17(14-27)20(26)12-21(19)28-24(29)22(23)16-5-3-2-4-6-16/h2-12,25H,13H2,1H3,(H,28,29).